The fourth-order valence-corrected chi connectivity index (χ4v) is 2.23. The molecule has 1 fully saturated rings. The quantitative estimate of drug-likeness (QED) is 0.522. The highest BCUT2D eigenvalue weighted by atomic mass is 16.1. The number of piperidine rings is 1. The van der Waals surface area contributed by atoms with E-state index in [4.69, 9.17) is 5.84 Å². The Morgan fingerprint density at radius 3 is 2.95 bits per heavy atom. The Morgan fingerprint density at radius 2 is 2.32 bits per heavy atom. The summed E-state index contributed by atoms with van der Waals surface area (Å²) >= 11 is 0. The number of aromatic nitrogens is 2. The van der Waals surface area contributed by atoms with Crippen LogP contribution in [0.1, 0.15) is 29.8 Å². The van der Waals surface area contributed by atoms with Gasteiger partial charge in [0.2, 0.25) is 0 Å². The first-order valence-corrected chi connectivity index (χ1v) is 6.49. The third-order valence-corrected chi connectivity index (χ3v) is 3.46. The van der Waals surface area contributed by atoms with Gasteiger partial charge >= 0.3 is 0 Å². The smallest absolute Gasteiger partial charge is 0.271 e. The van der Waals surface area contributed by atoms with Crippen LogP contribution in [0.5, 0.6) is 0 Å². The summed E-state index contributed by atoms with van der Waals surface area (Å²) in [6, 6.07) is 3.63. The van der Waals surface area contributed by atoms with Crippen molar-refractivity contribution in [3.05, 3.63) is 17.8 Å². The molecule has 1 saturated heterocycles. The molecule has 1 aliphatic rings. The average Bonchev–Trinajstić information content (AvgIpc) is 2.46. The Balaban J connectivity index is 1.86. The first kappa shape index (κ1) is 13.7. The van der Waals surface area contributed by atoms with Crippen molar-refractivity contribution in [1.29, 1.82) is 0 Å². The van der Waals surface area contributed by atoms with Gasteiger partial charge in [0.25, 0.3) is 5.91 Å². The summed E-state index contributed by atoms with van der Waals surface area (Å²) in [6.07, 6.45) is 3.58. The minimum atomic E-state index is -0.199. The zero-order valence-corrected chi connectivity index (χ0v) is 11.1. The molecular weight excluding hydrogens is 244 g/mol. The van der Waals surface area contributed by atoms with Crippen LogP contribution in [0.15, 0.2) is 12.1 Å². The van der Waals surface area contributed by atoms with Crippen molar-refractivity contribution in [2.45, 2.75) is 25.3 Å². The normalized spacial score (nSPS) is 20.0. The van der Waals surface area contributed by atoms with E-state index in [0.29, 0.717) is 24.1 Å². The number of nitrogens with zero attached hydrogens (tertiary/aromatic N) is 3. The molecular formula is C12H20N6O. The number of likely N-dealkylation sites (N-methyl/N-ethyl adjacent to an activating group) is 1. The topological polar surface area (TPSA) is 96.2 Å². The van der Waals surface area contributed by atoms with Gasteiger partial charge in [0.05, 0.1) is 0 Å². The number of carbonyl (C=O) groups is 1. The molecule has 1 aromatic rings. The van der Waals surface area contributed by atoms with Gasteiger partial charge in [-0.3, -0.25) is 4.79 Å². The molecule has 1 aromatic heterocycles. The number of nitrogens with two attached hydrogens (primary N) is 1. The molecule has 19 heavy (non-hydrogen) atoms. The van der Waals surface area contributed by atoms with Crippen LogP contribution in [0.4, 0.5) is 5.82 Å². The number of hydrogen-bond donors (Lipinski definition) is 3. The number of hydrazine groups is 1. The van der Waals surface area contributed by atoms with Crippen molar-refractivity contribution >= 4 is 11.7 Å². The standard InChI is InChI=1S/C12H20N6O/c1-18-7-3-2-4-9(18)8-14-12(19)10-5-6-11(15-13)17-16-10/h5-6,9H,2-4,7-8,13H2,1H3,(H,14,19)(H,15,17). The van der Waals surface area contributed by atoms with Gasteiger partial charge in [0, 0.05) is 12.6 Å². The Morgan fingerprint density at radius 1 is 1.47 bits per heavy atom. The highest BCUT2D eigenvalue weighted by Crippen LogP contribution is 2.14. The molecule has 0 aliphatic carbocycles. The molecule has 104 valence electrons. The van der Waals surface area contributed by atoms with Crippen LogP contribution in [0, 0.1) is 0 Å². The van der Waals surface area contributed by atoms with Crippen LogP contribution >= 0.6 is 0 Å². The van der Waals surface area contributed by atoms with Gasteiger partial charge in [-0.2, -0.15) is 0 Å². The minimum absolute atomic E-state index is 0.199. The first-order valence-electron chi connectivity index (χ1n) is 6.49. The lowest BCUT2D eigenvalue weighted by Gasteiger charge is -2.32. The maximum atomic E-state index is 11.9. The number of hydrogen-bond acceptors (Lipinski definition) is 6. The van der Waals surface area contributed by atoms with E-state index in [1.807, 2.05) is 0 Å². The molecule has 0 bridgehead atoms. The summed E-state index contributed by atoms with van der Waals surface area (Å²) in [4.78, 5) is 14.2. The van der Waals surface area contributed by atoms with Crippen LogP contribution in [-0.4, -0.2) is 47.2 Å². The summed E-state index contributed by atoms with van der Waals surface area (Å²) in [5, 5.41) is 10.5. The van der Waals surface area contributed by atoms with E-state index in [1.54, 1.807) is 12.1 Å². The van der Waals surface area contributed by atoms with Crippen molar-refractivity contribution in [2.24, 2.45) is 5.84 Å². The van der Waals surface area contributed by atoms with Gasteiger partial charge in [-0.05, 0) is 38.6 Å². The molecule has 0 aromatic carbocycles. The zero-order valence-electron chi connectivity index (χ0n) is 11.1. The van der Waals surface area contributed by atoms with Crippen LogP contribution in [0.25, 0.3) is 0 Å². The van der Waals surface area contributed by atoms with Crippen molar-refractivity contribution in [3.8, 4) is 0 Å². The second kappa shape index (κ2) is 6.44. The fourth-order valence-electron chi connectivity index (χ4n) is 2.23. The number of anilines is 1. The predicted molar refractivity (Wildman–Crippen MR) is 72.4 cm³/mol. The second-order valence-electron chi connectivity index (χ2n) is 4.79. The van der Waals surface area contributed by atoms with Crippen molar-refractivity contribution in [2.75, 3.05) is 25.6 Å². The lowest BCUT2D eigenvalue weighted by molar-refractivity contribution is 0.0922. The number of nitrogen functional groups attached to an aromatic ring is 1. The van der Waals surface area contributed by atoms with Gasteiger partial charge in [-0.1, -0.05) is 6.42 Å². The van der Waals surface area contributed by atoms with Crippen molar-refractivity contribution < 1.29 is 4.79 Å². The molecule has 1 atom stereocenters. The highest BCUT2D eigenvalue weighted by Gasteiger charge is 2.19. The van der Waals surface area contributed by atoms with E-state index in [-0.39, 0.29) is 5.91 Å². The highest BCUT2D eigenvalue weighted by molar-refractivity contribution is 5.92. The van der Waals surface area contributed by atoms with Gasteiger partial charge in [0.1, 0.15) is 0 Å². The maximum absolute atomic E-state index is 11.9. The Kier molecular flexibility index (Phi) is 4.64. The van der Waals surface area contributed by atoms with Crippen LogP contribution < -0.4 is 16.6 Å². The second-order valence-corrected chi connectivity index (χ2v) is 4.79. The van der Waals surface area contributed by atoms with Crippen LogP contribution in [0.3, 0.4) is 0 Å². The van der Waals surface area contributed by atoms with E-state index >= 15 is 0 Å². The molecule has 0 saturated carbocycles. The Labute approximate surface area is 112 Å². The van der Waals surface area contributed by atoms with Crippen molar-refractivity contribution in [1.82, 2.24) is 20.4 Å². The summed E-state index contributed by atoms with van der Waals surface area (Å²) < 4.78 is 0. The third kappa shape index (κ3) is 3.62. The first-order chi connectivity index (χ1) is 9.20. The number of rotatable bonds is 4. The van der Waals surface area contributed by atoms with Gasteiger partial charge in [0.15, 0.2) is 11.5 Å². The molecule has 2 rings (SSSR count). The molecule has 1 aliphatic heterocycles. The maximum Gasteiger partial charge on any atom is 0.271 e. The average molecular weight is 264 g/mol. The fraction of sp³-hybridized carbons (Fsp3) is 0.583. The number of carbonyl (C=O) groups excluding carboxylic acids is 1. The van der Waals surface area contributed by atoms with Gasteiger partial charge < -0.3 is 15.6 Å². The van der Waals surface area contributed by atoms with Crippen LogP contribution in [-0.2, 0) is 0 Å². The molecule has 0 spiro atoms. The minimum Gasteiger partial charge on any atom is -0.349 e. The summed E-state index contributed by atoms with van der Waals surface area (Å²) in [5.41, 5.74) is 2.67. The molecule has 1 unspecified atom stereocenters. The number of nitrogens with one attached hydrogen (secondary N) is 2. The molecule has 4 N–H and O–H groups in total. The van der Waals surface area contributed by atoms with E-state index < -0.39 is 0 Å². The van der Waals surface area contributed by atoms with Gasteiger partial charge in [-0.15, -0.1) is 10.2 Å². The summed E-state index contributed by atoms with van der Waals surface area (Å²) in [7, 11) is 2.09. The Bertz CT molecular complexity index is 421. The predicted octanol–water partition coefficient (Wildman–Crippen LogP) is -0.0237. The third-order valence-electron chi connectivity index (χ3n) is 3.46. The largest absolute Gasteiger partial charge is 0.349 e. The lowest BCUT2D eigenvalue weighted by atomic mass is 10.0. The van der Waals surface area contributed by atoms with Crippen LogP contribution in [0.2, 0.25) is 0 Å². The monoisotopic (exact) mass is 264 g/mol. The van der Waals surface area contributed by atoms with E-state index in [0.717, 1.165) is 13.0 Å². The van der Waals surface area contributed by atoms with E-state index in [2.05, 4.69) is 32.9 Å². The number of likely N-dealkylation sites (tertiary alicyclic amines) is 1. The molecule has 7 heteroatoms. The van der Waals surface area contributed by atoms with E-state index in [9.17, 15) is 4.79 Å². The Hall–Kier alpha value is -1.73. The molecule has 0 radical (unpaired) electrons. The SMILES string of the molecule is CN1CCCCC1CNC(=O)c1ccc(NN)nn1. The number of amides is 1. The zero-order chi connectivity index (χ0) is 13.7. The summed E-state index contributed by atoms with van der Waals surface area (Å²) in [5.74, 6) is 5.42. The summed E-state index contributed by atoms with van der Waals surface area (Å²) in [6.45, 7) is 1.74. The molecule has 7 nitrogen and oxygen atoms in total. The van der Waals surface area contributed by atoms with Crippen molar-refractivity contribution in [3.63, 3.8) is 0 Å². The molecule has 2 heterocycles. The molecule has 1 amide bonds. The van der Waals surface area contributed by atoms with E-state index in [1.165, 1.54) is 12.8 Å². The van der Waals surface area contributed by atoms with Gasteiger partial charge in [-0.25, -0.2) is 5.84 Å². The lowest BCUT2D eigenvalue weighted by Crippen LogP contribution is -2.44.